The quantitative estimate of drug-likeness (QED) is 0.746. The van der Waals surface area contributed by atoms with Crippen LogP contribution in [0.3, 0.4) is 0 Å². The summed E-state index contributed by atoms with van der Waals surface area (Å²) in [7, 11) is 0. The Bertz CT molecular complexity index is 341. The maximum Gasteiger partial charge on any atom is 0.338 e. The van der Waals surface area contributed by atoms with E-state index in [0.29, 0.717) is 17.2 Å². The molecule has 0 fully saturated rings. The van der Waals surface area contributed by atoms with Crippen molar-refractivity contribution in [2.24, 2.45) is 0 Å². The second-order valence-corrected chi connectivity index (χ2v) is 4.05. The van der Waals surface area contributed by atoms with Crippen LogP contribution in [-0.2, 0) is 4.74 Å². The van der Waals surface area contributed by atoms with Gasteiger partial charge in [-0.25, -0.2) is 4.79 Å². The first kappa shape index (κ1) is 15.5. The number of halogens is 2. The molecular formula is C12H16BrClO2. The predicted octanol–water partition coefficient (Wildman–Crippen LogP) is 4.61. The van der Waals surface area contributed by atoms with Crippen LogP contribution in [-0.4, -0.2) is 12.6 Å². The average Bonchev–Trinajstić information content (AvgIpc) is 2.28. The molecule has 0 N–H and O–H groups in total. The summed E-state index contributed by atoms with van der Waals surface area (Å²) in [6.45, 7) is 8.01. The van der Waals surface area contributed by atoms with Gasteiger partial charge in [-0.2, -0.15) is 0 Å². The van der Waals surface area contributed by atoms with Crippen LogP contribution in [0, 0.1) is 6.92 Å². The highest BCUT2D eigenvalue weighted by atomic mass is 79.9. The average molecular weight is 308 g/mol. The summed E-state index contributed by atoms with van der Waals surface area (Å²) in [5.41, 5.74) is 1.38. The Morgan fingerprint density at radius 3 is 2.44 bits per heavy atom. The second kappa shape index (κ2) is 7.69. The van der Waals surface area contributed by atoms with E-state index in [1.54, 1.807) is 19.1 Å². The van der Waals surface area contributed by atoms with Crippen molar-refractivity contribution in [2.45, 2.75) is 27.7 Å². The van der Waals surface area contributed by atoms with Gasteiger partial charge in [-0.1, -0.05) is 41.4 Å². The standard InChI is InChI=1S/C10H10BrClO2.C2H6/c1-3-14-10(13)7-4-8(11)6(2)9(12)5-7;1-2/h4-5H,3H2,1-2H3;1-2H3. The second-order valence-electron chi connectivity index (χ2n) is 2.79. The summed E-state index contributed by atoms with van der Waals surface area (Å²) < 4.78 is 5.67. The molecule has 90 valence electrons. The first-order valence-corrected chi connectivity index (χ1v) is 6.36. The zero-order valence-corrected chi connectivity index (χ0v) is 12.3. The first-order valence-electron chi connectivity index (χ1n) is 5.19. The maximum atomic E-state index is 11.4. The van der Waals surface area contributed by atoms with Gasteiger partial charge in [0.2, 0.25) is 0 Å². The van der Waals surface area contributed by atoms with Crippen molar-refractivity contribution in [2.75, 3.05) is 6.61 Å². The number of carbonyl (C=O) groups excluding carboxylic acids is 1. The third kappa shape index (κ3) is 4.14. The Morgan fingerprint density at radius 2 is 2.00 bits per heavy atom. The molecule has 0 heterocycles. The van der Waals surface area contributed by atoms with Crippen molar-refractivity contribution in [1.82, 2.24) is 0 Å². The van der Waals surface area contributed by atoms with Crippen LogP contribution in [0.1, 0.15) is 36.7 Å². The number of carbonyl (C=O) groups is 1. The van der Waals surface area contributed by atoms with Crippen LogP contribution >= 0.6 is 27.5 Å². The molecular weight excluding hydrogens is 291 g/mol. The molecule has 1 aromatic carbocycles. The lowest BCUT2D eigenvalue weighted by Crippen LogP contribution is -2.04. The van der Waals surface area contributed by atoms with Gasteiger partial charge in [0.05, 0.1) is 12.2 Å². The van der Waals surface area contributed by atoms with Gasteiger partial charge in [-0.3, -0.25) is 0 Å². The fourth-order valence-electron chi connectivity index (χ4n) is 0.978. The molecule has 16 heavy (non-hydrogen) atoms. The lowest BCUT2D eigenvalue weighted by molar-refractivity contribution is 0.0526. The van der Waals surface area contributed by atoms with Gasteiger partial charge >= 0.3 is 5.97 Å². The molecule has 4 heteroatoms. The molecule has 0 radical (unpaired) electrons. The van der Waals surface area contributed by atoms with Gasteiger partial charge < -0.3 is 4.74 Å². The van der Waals surface area contributed by atoms with Crippen molar-refractivity contribution >= 4 is 33.5 Å². The molecule has 0 aliphatic carbocycles. The molecule has 0 unspecified atom stereocenters. The maximum absolute atomic E-state index is 11.4. The van der Waals surface area contributed by atoms with E-state index in [1.165, 1.54) is 0 Å². The smallest absolute Gasteiger partial charge is 0.338 e. The summed E-state index contributed by atoms with van der Waals surface area (Å²) >= 11 is 9.25. The van der Waals surface area contributed by atoms with E-state index in [-0.39, 0.29) is 5.97 Å². The third-order valence-electron chi connectivity index (χ3n) is 1.79. The molecule has 2 nitrogen and oxygen atoms in total. The van der Waals surface area contributed by atoms with E-state index in [4.69, 9.17) is 16.3 Å². The van der Waals surface area contributed by atoms with Gasteiger partial charge in [0.1, 0.15) is 0 Å². The first-order chi connectivity index (χ1) is 7.56. The lowest BCUT2D eigenvalue weighted by atomic mass is 10.1. The lowest BCUT2D eigenvalue weighted by Gasteiger charge is -2.05. The van der Waals surface area contributed by atoms with Gasteiger partial charge in [0.15, 0.2) is 0 Å². The minimum absolute atomic E-state index is 0.352. The van der Waals surface area contributed by atoms with E-state index in [1.807, 2.05) is 20.8 Å². The molecule has 0 aromatic heterocycles. The minimum atomic E-state index is -0.352. The van der Waals surface area contributed by atoms with Gasteiger partial charge in [-0.05, 0) is 31.5 Å². The van der Waals surface area contributed by atoms with E-state index in [0.717, 1.165) is 10.0 Å². The SMILES string of the molecule is CC.CCOC(=O)c1cc(Cl)c(C)c(Br)c1. The molecule has 0 atom stereocenters. The highest BCUT2D eigenvalue weighted by molar-refractivity contribution is 9.10. The fraction of sp³-hybridized carbons (Fsp3) is 0.417. The van der Waals surface area contributed by atoms with Crippen molar-refractivity contribution in [3.63, 3.8) is 0 Å². The number of esters is 1. The Hall–Kier alpha value is -0.540. The van der Waals surface area contributed by atoms with Gasteiger partial charge in [-0.15, -0.1) is 0 Å². The molecule has 0 aliphatic heterocycles. The predicted molar refractivity (Wildman–Crippen MR) is 71.2 cm³/mol. The molecule has 0 aliphatic rings. The zero-order valence-electron chi connectivity index (χ0n) is 9.93. The Labute approximate surface area is 110 Å². The monoisotopic (exact) mass is 306 g/mol. The third-order valence-corrected chi connectivity index (χ3v) is 3.01. The minimum Gasteiger partial charge on any atom is -0.462 e. The van der Waals surface area contributed by atoms with Crippen LogP contribution in [0.5, 0.6) is 0 Å². The Morgan fingerprint density at radius 1 is 1.44 bits per heavy atom. The van der Waals surface area contributed by atoms with Crippen molar-refractivity contribution in [3.8, 4) is 0 Å². The molecule has 0 saturated carbocycles. The fourth-order valence-corrected chi connectivity index (χ4v) is 1.77. The highest BCUT2D eigenvalue weighted by Crippen LogP contribution is 2.26. The van der Waals surface area contributed by atoms with Crippen LogP contribution in [0.15, 0.2) is 16.6 Å². The topological polar surface area (TPSA) is 26.3 Å². The Balaban J connectivity index is 0.00000106. The normalized spacial score (nSPS) is 9.12. The van der Waals surface area contributed by atoms with Gasteiger partial charge in [0, 0.05) is 9.50 Å². The molecule has 1 aromatic rings. The Kier molecular flexibility index (Phi) is 7.43. The number of ether oxygens (including phenoxy) is 1. The zero-order chi connectivity index (χ0) is 12.7. The van der Waals surface area contributed by atoms with Crippen LogP contribution in [0.2, 0.25) is 5.02 Å². The summed E-state index contributed by atoms with van der Waals surface area (Å²) in [5, 5.41) is 0.558. The van der Waals surface area contributed by atoms with E-state index < -0.39 is 0 Å². The van der Waals surface area contributed by atoms with Crippen molar-refractivity contribution in [1.29, 1.82) is 0 Å². The summed E-state index contributed by atoms with van der Waals surface area (Å²) in [6, 6.07) is 3.32. The van der Waals surface area contributed by atoms with E-state index >= 15 is 0 Å². The number of benzene rings is 1. The van der Waals surface area contributed by atoms with Crippen LogP contribution in [0.25, 0.3) is 0 Å². The van der Waals surface area contributed by atoms with Crippen molar-refractivity contribution in [3.05, 3.63) is 32.8 Å². The largest absolute Gasteiger partial charge is 0.462 e. The summed E-state index contributed by atoms with van der Waals surface area (Å²) in [6.07, 6.45) is 0. The van der Waals surface area contributed by atoms with Crippen molar-refractivity contribution < 1.29 is 9.53 Å². The number of hydrogen-bond acceptors (Lipinski definition) is 2. The van der Waals surface area contributed by atoms with Gasteiger partial charge in [0.25, 0.3) is 0 Å². The van der Waals surface area contributed by atoms with E-state index in [2.05, 4.69) is 15.9 Å². The molecule has 0 spiro atoms. The van der Waals surface area contributed by atoms with Crippen LogP contribution in [0.4, 0.5) is 0 Å². The van der Waals surface area contributed by atoms with E-state index in [9.17, 15) is 4.79 Å². The molecule has 1 rings (SSSR count). The highest BCUT2D eigenvalue weighted by Gasteiger charge is 2.10. The number of hydrogen-bond donors (Lipinski definition) is 0. The number of rotatable bonds is 2. The molecule has 0 saturated heterocycles. The van der Waals surface area contributed by atoms with Crippen LogP contribution < -0.4 is 0 Å². The molecule has 0 amide bonds. The molecule has 0 bridgehead atoms. The summed E-state index contributed by atoms with van der Waals surface area (Å²) in [4.78, 5) is 11.4. The summed E-state index contributed by atoms with van der Waals surface area (Å²) in [5.74, 6) is -0.352.